The Morgan fingerprint density at radius 2 is 1.80 bits per heavy atom. The highest BCUT2D eigenvalue weighted by atomic mass is 32.2. The quantitative estimate of drug-likeness (QED) is 0.683. The van der Waals surface area contributed by atoms with E-state index in [0.717, 1.165) is 16.2 Å². The maximum atomic E-state index is 11.7. The van der Waals surface area contributed by atoms with E-state index >= 15 is 0 Å². The molecule has 1 rings (SSSR count). The van der Waals surface area contributed by atoms with Crippen LogP contribution in [0, 0.1) is 0 Å². The van der Waals surface area contributed by atoms with Crippen molar-refractivity contribution in [1.82, 2.24) is 9.44 Å². The number of thiophene rings is 1. The van der Waals surface area contributed by atoms with E-state index in [-0.39, 0.29) is 10.8 Å². The number of nitrogens with one attached hydrogen (secondary N) is 2. The first-order valence-electron chi connectivity index (χ1n) is 5.79. The van der Waals surface area contributed by atoms with Gasteiger partial charge in [0, 0.05) is 17.0 Å². The summed E-state index contributed by atoms with van der Waals surface area (Å²) < 4.78 is 50.5. The molecule has 0 atom stereocenters. The minimum Gasteiger partial charge on any atom is -0.224 e. The van der Waals surface area contributed by atoms with Gasteiger partial charge in [-0.1, -0.05) is 0 Å². The molecular formula is C10H19N3O4S3. The minimum atomic E-state index is -3.69. The van der Waals surface area contributed by atoms with E-state index in [0.29, 0.717) is 6.42 Å². The van der Waals surface area contributed by atoms with Gasteiger partial charge in [-0.05, 0) is 39.3 Å². The van der Waals surface area contributed by atoms with E-state index in [1.807, 2.05) is 0 Å². The molecule has 0 aromatic carbocycles. The van der Waals surface area contributed by atoms with Crippen molar-refractivity contribution in [2.24, 2.45) is 5.14 Å². The Kier molecular flexibility index (Phi) is 5.33. The summed E-state index contributed by atoms with van der Waals surface area (Å²) in [5, 5.41) is 5.00. The van der Waals surface area contributed by atoms with Crippen molar-refractivity contribution in [2.75, 3.05) is 6.54 Å². The Morgan fingerprint density at radius 1 is 1.20 bits per heavy atom. The third kappa shape index (κ3) is 6.29. The van der Waals surface area contributed by atoms with Crippen LogP contribution in [0.4, 0.5) is 0 Å². The van der Waals surface area contributed by atoms with Crippen molar-refractivity contribution in [3.63, 3.8) is 0 Å². The third-order valence-corrected chi connectivity index (χ3v) is 6.07. The van der Waals surface area contributed by atoms with Crippen LogP contribution in [0.25, 0.3) is 0 Å². The fourth-order valence-electron chi connectivity index (χ4n) is 1.39. The van der Waals surface area contributed by atoms with E-state index in [1.165, 1.54) is 6.07 Å². The normalized spacial score (nSPS) is 13.6. The number of hydrogen-bond donors (Lipinski definition) is 3. The highest BCUT2D eigenvalue weighted by Gasteiger charge is 2.19. The van der Waals surface area contributed by atoms with Gasteiger partial charge in [-0.15, -0.1) is 11.3 Å². The van der Waals surface area contributed by atoms with Crippen LogP contribution in [0.1, 0.15) is 25.6 Å². The molecule has 0 fully saturated rings. The van der Waals surface area contributed by atoms with Gasteiger partial charge >= 0.3 is 0 Å². The fraction of sp³-hybridized carbons (Fsp3) is 0.600. The van der Waals surface area contributed by atoms with Crippen LogP contribution in [0.5, 0.6) is 0 Å². The molecule has 7 nitrogen and oxygen atoms in total. The molecule has 0 aliphatic carbocycles. The third-order valence-electron chi connectivity index (χ3n) is 2.02. The summed E-state index contributed by atoms with van der Waals surface area (Å²) in [6.45, 7) is 5.40. The number of sulfonamides is 1. The Balaban J connectivity index is 2.55. The van der Waals surface area contributed by atoms with Crippen LogP contribution < -0.4 is 14.6 Å². The monoisotopic (exact) mass is 341 g/mol. The van der Waals surface area contributed by atoms with Crippen molar-refractivity contribution in [1.29, 1.82) is 0 Å². The Hall–Kier alpha value is -0.520. The van der Waals surface area contributed by atoms with Gasteiger partial charge < -0.3 is 0 Å². The molecule has 116 valence electrons. The van der Waals surface area contributed by atoms with E-state index in [2.05, 4.69) is 9.44 Å². The number of hydrogen-bond acceptors (Lipinski definition) is 5. The first kappa shape index (κ1) is 17.5. The molecule has 0 aliphatic rings. The molecule has 1 aromatic heterocycles. The van der Waals surface area contributed by atoms with Crippen LogP contribution >= 0.6 is 11.3 Å². The van der Waals surface area contributed by atoms with Gasteiger partial charge in [0.1, 0.15) is 4.21 Å². The molecule has 4 N–H and O–H groups in total. The van der Waals surface area contributed by atoms with Crippen molar-refractivity contribution >= 4 is 31.6 Å². The van der Waals surface area contributed by atoms with E-state index in [4.69, 9.17) is 5.14 Å². The van der Waals surface area contributed by atoms with Crippen LogP contribution in [-0.2, 0) is 26.7 Å². The van der Waals surface area contributed by atoms with Gasteiger partial charge in [-0.3, -0.25) is 0 Å². The minimum absolute atomic E-state index is 0.0724. The fourth-order valence-corrected chi connectivity index (χ4v) is 4.42. The molecule has 1 heterocycles. The van der Waals surface area contributed by atoms with Crippen molar-refractivity contribution in [3.05, 3.63) is 17.0 Å². The van der Waals surface area contributed by atoms with Crippen LogP contribution in [0.2, 0.25) is 0 Å². The zero-order valence-electron chi connectivity index (χ0n) is 11.5. The standard InChI is InChI=1S/C10H19N3O4S3/c1-10(2,3)13-20(16,17)12-7-6-8-4-5-9(18-8)19(11,14)15/h4-5,12-13H,6-7H2,1-3H3,(H2,11,14,15). The summed E-state index contributed by atoms with van der Waals surface area (Å²) in [4.78, 5) is 0.743. The number of rotatable bonds is 6. The Morgan fingerprint density at radius 3 is 2.25 bits per heavy atom. The Bertz CT molecular complexity index is 656. The largest absolute Gasteiger partial charge is 0.277 e. The topological polar surface area (TPSA) is 118 Å². The molecular weight excluding hydrogens is 322 g/mol. The summed E-state index contributed by atoms with van der Waals surface area (Å²) >= 11 is 1.04. The Labute approximate surface area is 123 Å². The lowest BCUT2D eigenvalue weighted by molar-refractivity contribution is 0.484. The lowest BCUT2D eigenvalue weighted by Gasteiger charge is -2.20. The molecule has 20 heavy (non-hydrogen) atoms. The maximum Gasteiger partial charge on any atom is 0.277 e. The smallest absolute Gasteiger partial charge is 0.224 e. The second-order valence-corrected chi connectivity index (χ2v) is 9.72. The van der Waals surface area contributed by atoms with E-state index < -0.39 is 25.8 Å². The molecule has 0 saturated carbocycles. The van der Waals surface area contributed by atoms with Gasteiger partial charge in [-0.25, -0.2) is 18.3 Å². The predicted molar refractivity (Wildman–Crippen MR) is 79.2 cm³/mol. The summed E-state index contributed by atoms with van der Waals surface area (Å²) in [6.07, 6.45) is 0.394. The molecule has 1 aromatic rings. The molecule has 0 amide bonds. The molecule has 0 saturated heterocycles. The van der Waals surface area contributed by atoms with Crippen LogP contribution in [0.3, 0.4) is 0 Å². The summed E-state index contributed by atoms with van der Waals surface area (Å²) in [6, 6.07) is 3.03. The second-order valence-electron chi connectivity index (χ2n) is 5.27. The molecule has 0 unspecified atom stereocenters. The summed E-state index contributed by atoms with van der Waals surface area (Å²) in [7, 11) is -7.26. The van der Waals surface area contributed by atoms with Gasteiger partial charge in [0.05, 0.1) is 0 Å². The highest BCUT2D eigenvalue weighted by molar-refractivity contribution is 7.91. The van der Waals surface area contributed by atoms with Gasteiger partial charge in [0.25, 0.3) is 10.2 Å². The van der Waals surface area contributed by atoms with Gasteiger partial charge in [-0.2, -0.15) is 13.1 Å². The first-order chi connectivity index (χ1) is 8.89. The number of nitrogens with two attached hydrogens (primary N) is 1. The maximum absolute atomic E-state index is 11.7. The van der Waals surface area contributed by atoms with Crippen molar-refractivity contribution in [3.8, 4) is 0 Å². The van der Waals surface area contributed by atoms with Crippen molar-refractivity contribution in [2.45, 2.75) is 36.9 Å². The van der Waals surface area contributed by atoms with Crippen molar-refractivity contribution < 1.29 is 16.8 Å². The highest BCUT2D eigenvalue weighted by Crippen LogP contribution is 2.20. The zero-order chi connectivity index (χ0) is 15.6. The molecule has 0 aliphatic heterocycles. The molecule has 10 heteroatoms. The molecule has 0 spiro atoms. The van der Waals surface area contributed by atoms with Crippen LogP contribution in [0.15, 0.2) is 16.3 Å². The van der Waals surface area contributed by atoms with Crippen LogP contribution in [-0.4, -0.2) is 28.9 Å². The van der Waals surface area contributed by atoms with E-state index in [1.54, 1.807) is 26.8 Å². The van der Waals surface area contributed by atoms with Gasteiger partial charge in [0.2, 0.25) is 10.0 Å². The lowest BCUT2D eigenvalue weighted by atomic mass is 10.1. The lowest BCUT2D eigenvalue weighted by Crippen LogP contribution is -2.47. The average molecular weight is 341 g/mol. The van der Waals surface area contributed by atoms with E-state index in [9.17, 15) is 16.8 Å². The number of primary sulfonamides is 1. The SMILES string of the molecule is CC(C)(C)NS(=O)(=O)NCCc1ccc(S(N)(=O)=O)s1. The molecule has 0 bridgehead atoms. The predicted octanol–water partition coefficient (Wildman–Crippen LogP) is 0.161. The second kappa shape index (κ2) is 6.08. The average Bonchev–Trinajstić information content (AvgIpc) is 2.60. The summed E-state index contributed by atoms with van der Waals surface area (Å²) in [5.41, 5.74) is -0.560. The molecule has 0 radical (unpaired) electrons. The zero-order valence-corrected chi connectivity index (χ0v) is 14.0. The first-order valence-corrected chi connectivity index (χ1v) is 9.64. The van der Waals surface area contributed by atoms with Gasteiger partial charge in [0.15, 0.2) is 0 Å². The summed E-state index contributed by atoms with van der Waals surface area (Å²) in [5.74, 6) is 0.